The number of hydrogen-bond acceptors (Lipinski definition) is 4. The maximum Gasteiger partial charge on any atom is 0.241 e. The molecule has 1 amide bonds. The van der Waals surface area contributed by atoms with E-state index in [2.05, 4.69) is 4.99 Å². The van der Waals surface area contributed by atoms with Crippen molar-refractivity contribution in [1.82, 2.24) is 14.3 Å². The highest BCUT2D eigenvalue weighted by molar-refractivity contribution is 5.98. The molecule has 0 saturated heterocycles. The van der Waals surface area contributed by atoms with Crippen LogP contribution in [0.4, 0.5) is 5.69 Å². The minimum absolute atomic E-state index is 0.0493. The summed E-state index contributed by atoms with van der Waals surface area (Å²) in [6.07, 6.45) is 0.822. The normalized spacial score (nSPS) is 12.0. The molecule has 0 bridgehead atoms. The summed E-state index contributed by atoms with van der Waals surface area (Å²) in [7, 11) is 7.28. The Hall–Kier alpha value is -2.74. The molecule has 0 fully saturated rings. The highest BCUT2D eigenvalue weighted by Gasteiger charge is 2.22. The third kappa shape index (κ3) is 3.28. The van der Waals surface area contributed by atoms with E-state index in [4.69, 9.17) is 5.73 Å². The van der Waals surface area contributed by atoms with Gasteiger partial charge in [0, 0.05) is 32.9 Å². The number of nitrogens with two attached hydrogens (primary N) is 1. The fourth-order valence-electron chi connectivity index (χ4n) is 2.46. The van der Waals surface area contributed by atoms with Crippen molar-refractivity contribution in [3.63, 3.8) is 0 Å². The minimum Gasteiger partial charge on any atom is -0.492 e. The summed E-state index contributed by atoms with van der Waals surface area (Å²) in [6, 6.07) is 7.36. The van der Waals surface area contributed by atoms with Crippen LogP contribution < -0.4 is 10.6 Å². The fraction of sp³-hybridized carbons (Fsp3) is 0.375. The Labute approximate surface area is 141 Å². The van der Waals surface area contributed by atoms with Crippen LogP contribution in [0.15, 0.2) is 29.3 Å². The number of hydrogen-bond donors (Lipinski definition) is 2. The molecule has 0 atom stereocenters. The van der Waals surface area contributed by atoms with Gasteiger partial charge >= 0.3 is 0 Å². The monoisotopic (exact) mass is 332 g/mol. The van der Waals surface area contributed by atoms with Crippen LogP contribution in [-0.2, 0) is 11.8 Å². The second-order valence-electron chi connectivity index (χ2n) is 5.73. The molecule has 1 heterocycles. The number of likely N-dealkylation sites (N-methyl/N-ethyl adjacent to an activating group) is 1. The fourth-order valence-corrected chi connectivity index (χ4v) is 2.46. The lowest BCUT2D eigenvalue weighted by molar-refractivity contribution is -0.107. The van der Waals surface area contributed by atoms with Crippen LogP contribution in [0.25, 0.3) is 5.69 Å². The van der Waals surface area contributed by atoms with Gasteiger partial charge in [-0.1, -0.05) is 0 Å². The molecule has 0 aliphatic heterocycles. The van der Waals surface area contributed by atoms with Crippen molar-refractivity contribution < 1.29 is 9.90 Å². The van der Waals surface area contributed by atoms with Crippen LogP contribution in [-0.4, -0.2) is 65.8 Å². The molecule has 0 aliphatic carbocycles. The number of aromatic hydroxyl groups is 1. The van der Waals surface area contributed by atoms with Gasteiger partial charge in [0.1, 0.15) is 5.84 Å². The number of amidine groups is 1. The first-order valence-electron chi connectivity index (χ1n) is 7.57. The Balaban J connectivity index is 2.22. The molecular formula is C16H24N6O2. The number of anilines is 1. The summed E-state index contributed by atoms with van der Waals surface area (Å²) in [5.74, 6) is 0.326. The Morgan fingerprint density at radius 1 is 1.29 bits per heavy atom. The lowest BCUT2D eigenvalue weighted by Gasteiger charge is -2.26. The highest BCUT2D eigenvalue weighted by Crippen LogP contribution is 2.27. The number of nitrogens with zero attached hydrogens (tertiary/aromatic N) is 5. The van der Waals surface area contributed by atoms with E-state index in [1.165, 1.54) is 0 Å². The molecule has 0 radical (unpaired) electrons. The van der Waals surface area contributed by atoms with Crippen LogP contribution in [0.3, 0.4) is 0 Å². The summed E-state index contributed by atoms with van der Waals surface area (Å²) < 4.78 is 3.33. The maximum atomic E-state index is 11.3. The van der Waals surface area contributed by atoms with E-state index in [0.717, 1.165) is 24.3 Å². The number of amides is 1. The van der Waals surface area contributed by atoms with E-state index in [1.54, 1.807) is 28.4 Å². The lowest BCUT2D eigenvalue weighted by atomic mass is 10.2. The zero-order valence-corrected chi connectivity index (χ0v) is 14.5. The molecule has 2 rings (SSSR count). The van der Waals surface area contributed by atoms with Gasteiger partial charge in [-0.05, 0) is 38.4 Å². The first-order chi connectivity index (χ1) is 11.4. The van der Waals surface area contributed by atoms with E-state index in [-0.39, 0.29) is 11.7 Å². The molecule has 1 aromatic heterocycles. The Kier molecular flexibility index (Phi) is 5.30. The van der Waals surface area contributed by atoms with Crippen LogP contribution in [0.5, 0.6) is 5.88 Å². The molecule has 0 aliphatic rings. The van der Waals surface area contributed by atoms with E-state index < -0.39 is 0 Å². The molecule has 3 N–H and O–H groups in total. The van der Waals surface area contributed by atoms with Crippen molar-refractivity contribution in [2.24, 2.45) is 17.8 Å². The van der Waals surface area contributed by atoms with Gasteiger partial charge in [0.25, 0.3) is 0 Å². The van der Waals surface area contributed by atoms with Gasteiger partial charge in [0.05, 0.1) is 5.69 Å². The molecule has 0 saturated carbocycles. The Morgan fingerprint density at radius 3 is 2.38 bits per heavy atom. The van der Waals surface area contributed by atoms with Crippen LogP contribution in [0, 0.1) is 0 Å². The summed E-state index contributed by atoms with van der Waals surface area (Å²) in [5, 5.41) is 10.2. The average molecular weight is 332 g/mol. The molecule has 8 heteroatoms. The number of carbonyl (C=O) groups is 1. The molecular weight excluding hydrogens is 308 g/mol. The third-order valence-electron chi connectivity index (χ3n) is 3.86. The number of aromatic nitrogens is 2. The minimum atomic E-state index is 0.0493. The SMILES string of the molecule is CN=C(N)c1c(O)n(-c2ccc(N(C=O)CCN(C)C)cc2)n1C. The van der Waals surface area contributed by atoms with Gasteiger partial charge in [0.15, 0.2) is 5.69 Å². The highest BCUT2D eigenvalue weighted by atomic mass is 16.3. The van der Waals surface area contributed by atoms with Crippen molar-refractivity contribution in [1.29, 1.82) is 0 Å². The third-order valence-corrected chi connectivity index (χ3v) is 3.86. The van der Waals surface area contributed by atoms with Crippen molar-refractivity contribution in [2.45, 2.75) is 0 Å². The van der Waals surface area contributed by atoms with Crippen LogP contribution in [0.1, 0.15) is 5.69 Å². The number of rotatable bonds is 7. The van der Waals surface area contributed by atoms with Gasteiger partial charge < -0.3 is 20.6 Å². The van der Waals surface area contributed by atoms with E-state index in [9.17, 15) is 9.90 Å². The van der Waals surface area contributed by atoms with Crippen molar-refractivity contribution in [3.05, 3.63) is 30.0 Å². The van der Waals surface area contributed by atoms with Gasteiger partial charge in [0.2, 0.25) is 12.3 Å². The molecule has 0 unspecified atom stereocenters. The van der Waals surface area contributed by atoms with E-state index in [1.807, 2.05) is 43.3 Å². The molecule has 130 valence electrons. The largest absolute Gasteiger partial charge is 0.492 e. The first-order valence-corrected chi connectivity index (χ1v) is 7.57. The topological polar surface area (TPSA) is 92.0 Å². The van der Waals surface area contributed by atoms with Crippen molar-refractivity contribution in [2.75, 3.05) is 39.1 Å². The zero-order valence-electron chi connectivity index (χ0n) is 14.5. The van der Waals surface area contributed by atoms with Gasteiger partial charge in [-0.15, -0.1) is 0 Å². The van der Waals surface area contributed by atoms with E-state index in [0.29, 0.717) is 12.2 Å². The molecule has 0 spiro atoms. The molecule has 1 aromatic carbocycles. The molecule has 8 nitrogen and oxygen atoms in total. The molecule has 2 aromatic rings. The van der Waals surface area contributed by atoms with Gasteiger partial charge in [-0.2, -0.15) is 0 Å². The summed E-state index contributed by atoms with van der Waals surface area (Å²) in [4.78, 5) is 18.8. The summed E-state index contributed by atoms with van der Waals surface area (Å²) in [6.45, 7) is 1.39. The van der Waals surface area contributed by atoms with Crippen LogP contribution >= 0.6 is 0 Å². The Morgan fingerprint density at radius 2 is 1.92 bits per heavy atom. The Bertz CT molecular complexity index is 709. The predicted molar refractivity (Wildman–Crippen MR) is 95.0 cm³/mol. The average Bonchev–Trinajstić information content (AvgIpc) is 2.56. The standard InChI is InChI=1S/C16H24N6O2/c1-18-15(17)14-16(24)22(20(14)4)13-7-5-12(6-8-13)21(11-23)10-9-19(2)3/h5-8,11,24H,9-10H2,1-4H3,(H2,17,18). The summed E-state index contributed by atoms with van der Waals surface area (Å²) in [5.41, 5.74) is 7.81. The second kappa shape index (κ2) is 7.22. The molecule has 24 heavy (non-hydrogen) atoms. The lowest BCUT2D eigenvalue weighted by Crippen LogP contribution is -2.31. The van der Waals surface area contributed by atoms with E-state index >= 15 is 0 Å². The van der Waals surface area contributed by atoms with Crippen molar-refractivity contribution in [3.8, 4) is 11.6 Å². The maximum absolute atomic E-state index is 11.3. The van der Waals surface area contributed by atoms with Gasteiger partial charge in [-0.25, -0.2) is 4.68 Å². The first kappa shape index (κ1) is 17.6. The van der Waals surface area contributed by atoms with Crippen LogP contribution in [0.2, 0.25) is 0 Å². The smallest absolute Gasteiger partial charge is 0.241 e. The number of aliphatic imine (C=N–C) groups is 1. The number of carbonyl (C=O) groups excluding carboxylic acids is 1. The number of benzene rings is 1. The summed E-state index contributed by atoms with van der Waals surface area (Å²) >= 11 is 0. The second-order valence-corrected chi connectivity index (χ2v) is 5.73. The predicted octanol–water partition coefficient (Wildman–Crippen LogP) is 0.381. The zero-order chi connectivity index (χ0) is 17.9. The quantitative estimate of drug-likeness (QED) is 0.436. The van der Waals surface area contributed by atoms with Gasteiger partial charge in [-0.3, -0.25) is 14.5 Å². The van der Waals surface area contributed by atoms with Crippen molar-refractivity contribution >= 4 is 17.9 Å².